The molecular weight excluding hydrogens is 132 g/mol. The Morgan fingerprint density at radius 2 is 2.10 bits per heavy atom. The van der Waals surface area contributed by atoms with Crippen molar-refractivity contribution < 1.29 is 5.11 Å². The summed E-state index contributed by atoms with van der Waals surface area (Å²) in [7, 11) is 0. The zero-order valence-corrected chi connectivity index (χ0v) is 5.51. The average molecular weight is 142 g/mol. The molecule has 1 rings (SSSR count). The number of aliphatic hydroxyl groups excluding tert-OH is 1. The maximum absolute atomic E-state index is 9.00. The number of aliphatic hydroxyl groups is 1. The quantitative estimate of drug-likeness (QED) is 0.544. The molecule has 0 aliphatic carbocycles. The van der Waals surface area contributed by atoms with E-state index in [0.29, 0.717) is 6.54 Å². The van der Waals surface area contributed by atoms with Gasteiger partial charge in [0, 0.05) is 6.54 Å². The van der Waals surface area contributed by atoms with E-state index in [1.807, 2.05) is 0 Å². The van der Waals surface area contributed by atoms with Gasteiger partial charge in [-0.25, -0.2) is 0 Å². The largest absolute Gasteiger partial charge is 0.390 e. The average Bonchev–Trinajstić information content (AvgIpc) is 2.40. The van der Waals surface area contributed by atoms with Crippen molar-refractivity contribution in [1.29, 1.82) is 0 Å². The second-order valence-electron chi connectivity index (χ2n) is 1.97. The summed E-state index contributed by atoms with van der Waals surface area (Å²) < 4.78 is 0. The molecule has 0 aliphatic heterocycles. The molecule has 1 atom stereocenters. The molecule has 0 saturated carbocycles. The van der Waals surface area contributed by atoms with E-state index in [9.17, 15) is 0 Å². The second-order valence-corrected chi connectivity index (χ2v) is 1.97. The molecule has 0 saturated heterocycles. The van der Waals surface area contributed by atoms with Crippen LogP contribution in [0.15, 0.2) is 12.4 Å². The minimum atomic E-state index is -0.549. The smallest absolute Gasteiger partial charge is 0.0879 e. The lowest BCUT2D eigenvalue weighted by atomic mass is 10.4. The van der Waals surface area contributed by atoms with Crippen LogP contribution in [0.1, 0.15) is 0 Å². The molecule has 0 spiro atoms. The van der Waals surface area contributed by atoms with E-state index in [1.165, 1.54) is 4.80 Å². The zero-order chi connectivity index (χ0) is 7.40. The summed E-state index contributed by atoms with van der Waals surface area (Å²) in [6.45, 7) is 0.602. The van der Waals surface area contributed by atoms with E-state index < -0.39 is 6.10 Å². The van der Waals surface area contributed by atoms with Crippen molar-refractivity contribution in [1.82, 2.24) is 15.0 Å². The van der Waals surface area contributed by atoms with Crippen LogP contribution < -0.4 is 5.73 Å². The molecule has 10 heavy (non-hydrogen) atoms. The molecule has 5 nitrogen and oxygen atoms in total. The molecule has 0 aromatic carbocycles. The Balaban J connectivity index is 2.40. The van der Waals surface area contributed by atoms with Crippen LogP contribution >= 0.6 is 0 Å². The predicted molar refractivity (Wildman–Crippen MR) is 35.1 cm³/mol. The van der Waals surface area contributed by atoms with E-state index in [1.54, 1.807) is 12.4 Å². The monoisotopic (exact) mass is 142 g/mol. The fourth-order valence-electron chi connectivity index (χ4n) is 0.601. The molecule has 1 unspecified atom stereocenters. The van der Waals surface area contributed by atoms with Crippen molar-refractivity contribution in [3.05, 3.63) is 12.4 Å². The van der Waals surface area contributed by atoms with Gasteiger partial charge in [-0.3, -0.25) is 0 Å². The van der Waals surface area contributed by atoms with Gasteiger partial charge in [-0.1, -0.05) is 0 Å². The molecular formula is C5H10N4O. The molecule has 1 aromatic rings. The summed E-state index contributed by atoms with van der Waals surface area (Å²) >= 11 is 0. The SMILES string of the molecule is NCC(O)Cn1nccn1. The third kappa shape index (κ3) is 1.78. The number of hydrogen-bond acceptors (Lipinski definition) is 4. The normalized spacial score (nSPS) is 13.4. The Kier molecular flexibility index (Phi) is 2.35. The first-order chi connectivity index (χ1) is 4.83. The first-order valence-electron chi connectivity index (χ1n) is 3.05. The lowest BCUT2D eigenvalue weighted by molar-refractivity contribution is 0.151. The Bertz CT molecular complexity index is 174. The molecule has 0 fully saturated rings. The van der Waals surface area contributed by atoms with Gasteiger partial charge in [-0.05, 0) is 0 Å². The molecule has 56 valence electrons. The second kappa shape index (κ2) is 3.28. The molecule has 0 bridgehead atoms. The highest BCUT2D eigenvalue weighted by molar-refractivity contribution is 4.62. The number of hydrogen-bond donors (Lipinski definition) is 2. The van der Waals surface area contributed by atoms with Gasteiger partial charge in [-0.15, -0.1) is 0 Å². The first kappa shape index (κ1) is 7.17. The Morgan fingerprint density at radius 3 is 2.60 bits per heavy atom. The molecule has 0 amide bonds. The Morgan fingerprint density at radius 1 is 1.50 bits per heavy atom. The van der Waals surface area contributed by atoms with Crippen molar-refractivity contribution in [2.75, 3.05) is 6.54 Å². The van der Waals surface area contributed by atoms with Gasteiger partial charge in [0.15, 0.2) is 0 Å². The molecule has 0 aliphatic rings. The molecule has 1 heterocycles. The standard InChI is InChI=1S/C5H10N4O/c6-3-5(10)4-9-7-1-2-8-9/h1-2,5,10H,3-4,6H2. The van der Waals surface area contributed by atoms with Gasteiger partial charge in [0.05, 0.1) is 25.0 Å². The van der Waals surface area contributed by atoms with Crippen molar-refractivity contribution in [3.8, 4) is 0 Å². The van der Waals surface area contributed by atoms with E-state index >= 15 is 0 Å². The number of rotatable bonds is 3. The molecule has 0 radical (unpaired) electrons. The zero-order valence-electron chi connectivity index (χ0n) is 5.51. The summed E-state index contributed by atoms with van der Waals surface area (Å²) in [5.74, 6) is 0. The predicted octanol–water partition coefficient (Wildman–Crippen LogP) is -1.40. The van der Waals surface area contributed by atoms with E-state index in [2.05, 4.69) is 10.2 Å². The minimum absolute atomic E-state index is 0.238. The Labute approximate surface area is 58.5 Å². The van der Waals surface area contributed by atoms with Gasteiger partial charge in [-0.2, -0.15) is 15.0 Å². The van der Waals surface area contributed by atoms with Crippen LogP contribution in [0.5, 0.6) is 0 Å². The van der Waals surface area contributed by atoms with Crippen molar-refractivity contribution >= 4 is 0 Å². The van der Waals surface area contributed by atoms with Gasteiger partial charge < -0.3 is 10.8 Å². The van der Waals surface area contributed by atoms with Crippen LogP contribution in [0.3, 0.4) is 0 Å². The lowest BCUT2D eigenvalue weighted by Gasteiger charge is -2.04. The summed E-state index contributed by atoms with van der Waals surface area (Å²) in [4.78, 5) is 1.40. The highest BCUT2D eigenvalue weighted by Crippen LogP contribution is 1.83. The fourth-order valence-corrected chi connectivity index (χ4v) is 0.601. The van der Waals surface area contributed by atoms with Gasteiger partial charge >= 0.3 is 0 Å². The maximum Gasteiger partial charge on any atom is 0.0879 e. The van der Waals surface area contributed by atoms with E-state index in [0.717, 1.165) is 0 Å². The summed E-state index contributed by atoms with van der Waals surface area (Å²) in [5.41, 5.74) is 5.17. The van der Waals surface area contributed by atoms with Crippen LogP contribution in [-0.2, 0) is 6.54 Å². The number of nitrogens with zero attached hydrogens (tertiary/aromatic N) is 3. The van der Waals surface area contributed by atoms with Crippen molar-refractivity contribution in [3.63, 3.8) is 0 Å². The van der Waals surface area contributed by atoms with Crippen LogP contribution in [-0.4, -0.2) is 32.7 Å². The summed E-state index contributed by atoms with van der Waals surface area (Å²) in [6, 6.07) is 0. The molecule has 3 N–H and O–H groups in total. The van der Waals surface area contributed by atoms with E-state index in [-0.39, 0.29) is 6.54 Å². The highest BCUT2D eigenvalue weighted by Gasteiger charge is 2.01. The summed E-state index contributed by atoms with van der Waals surface area (Å²) in [6.07, 6.45) is 2.57. The van der Waals surface area contributed by atoms with Gasteiger partial charge in [0.25, 0.3) is 0 Å². The topological polar surface area (TPSA) is 77.0 Å². The molecule has 5 heteroatoms. The van der Waals surface area contributed by atoms with Crippen LogP contribution in [0.2, 0.25) is 0 Å². The lowest BCUT2D eigenvalue weighted by Crippen LogP contribution is -2.26. The van der Waals surface area contributed by atoms with E-state index in [4.69, 9.17) is 10.8 Å². The highest BCUT2D eigenvalue weighted by atomic mass is 16.3. The number of nitrogens with two attached hydrogens (primary N) is 1. The third-order valence-corrected chi connectivity index (χ3v) is 1.11. The van der Waals surface area contributed by atoms with Crippen LogP contribution in [0.4, 0.5) is 0 Å². The Hall–Kier alpha value is -0.940. The van der Waals surface area contributed by atoms with Crippen molar-refractivity contribution in [2.24, 2.45) is 5.73 Å². The van der Waals surface area contributed by atoms with Crippen LogP contribution in [0.25, 0.3) is 0 Å². The third-order valence-electron chi connectivity index (χ3n) is 1.11. The fraction of sp³-hybridized carbons (Fsp3) is 0.600. The van der Waals surface area contributed by atoms with Gasteiger partial charge in [0.1, 0.15) is 0 Å². The van der Waals surface area contributed by atoms with Gasteiger partial charge in [0.2, 0.25) is 0 Å². The maximum atomic E-state index is 9.00. The summed E-state index contributed by atoms with van der Waals surface area (Å²) in [5, 5.41) is 16.6. The minimum Gasteiger partial charge on any atom is -0.390 e. The molecule has 1 aromatic heterocycles. The first-order valence-corrected chi connectivity index (χ1v) is 3.05. The van der Waals surface area contributed by atoms with Crippen molar-refractivity contribution in [2.45, 2.75) is 12.6 Å². The number of aromatic nitrogens is 3. The van der Waals surface area contributed by atoms with Crippen LogP contribution in [0, 0.1) is 0 Å².